The van der Waals surface area contributed by atoms with Gasteiger partial charge < -0.3 is 19.1 Å². The number of rotatable bonds is 3. The molecule has 2 fully saturated rings. The van der Waals surface area contributed by atoms with E-state index >= 15 is 0 Å². The van der Waals surface area contributed by atoms with E-state index in [2.05, 4.69) is 0 Å². The lowest BCUT2D eigenvalue weighted by atomic mass is 10.1. The molecule has 3 aliphatic heterocycles. The predicted molar refractivity (Wildman–Crippen MR) is 92.3 cm³/mol. The van der Waals surface area contributed by atoms with Crippen molar-refractivity contribution in [3.05, 3.63) is 28.3 Å². The van der Waals surface area contributed by atoms with Gasteiger partial charge in [0.05, 0.1) is 11.5 Å². The number of hydrogen-bond donors (Lipinski definition) is 0. The maximum atomic E-state index is 12.6. The zero-order valence-electron chi connectivity index (χ0n) is 13.7. The molecule has 2 saturated heterocycles. The highest BCUT2D eigenvalue weighted by atomic mass is 35.5. The molecular formula is C17H18ClNO5S. The van der Waals surface area contributed by atoms with Crippen LogP contribution in [0.4, 0.5) is 0 Å². The second kappa shape index (κ2) is 6.37. The predicted octanol–water partition coefficient (Wildman–Crippen LogP) is 2.70. The van der Waals surface area contributed by atoms with Crippen molar-refractivity contribution in [2.45, 2.75) is 43.9 Å². The topological polar surface area (TPSA) is 65.1 Å². The molecule has 134 valence electrons. The first kappa shape index (κ1) is 17.0. The minimum absolute atomic E-state index is 0.0232. The maximum Gasteiger partial charge on any atom is 0.330 e. The van der Waals surface area contributed by atoms with E-state index in [1.54, 1.807) is 28.8 Å². The van der Waals surface area contributed by atoms with Crippen LogP contribution in [0.5, 0.6) is 5.75 Å². The molecule has 0 bridgehead atoms. The zero-order chi connectivity index (χ0) is 17.6. The number of carbonyl (C=O) groups excluding carboxylic acids is 2. The lowest BCUT2D eigenvalue weighted by Gasteiger charge is -2.29. The quantitative estimate of drug-likeness (QED) is 0.748. The van der Waals surface area contributed by atoms with Gasteiger partial charge in [0.25, 0.3) is 0 Å². The molecule has 0 aliphatic carbocycles. The van der Waals surface area contributed by atoms with Crippen LogP contribution in [0.25, 0.3) is 0 Å². The Morgan fingerprint density at radius 1 is 1.52 bits per heavy atom. The van der Waals surface area contributed by atoms with Crippen molar-refractivity contribution < 1.29 is 23.8 Å². The molecule has 4 rings (SSSR count). The van der Waals surface area contributed by atoms with Gasteiger partial charge >= 0.3 is 5.97 Å². The van der Waals surface area contributed by atoms with Crippen molar-refractivity contribution >= 4 is 35.2 Å². The molecule has 2 atom stereocenters. The van der Waals surface area contributed by atoms with Gasteiger partial charge in [-0.05, 0) is 25.5 Å². The Morgan fingerprint density at radius 3 is 3.20 bits per heavy atom. The molecule has 0 saturated carbocycles. The molecule has 0 N–H and O–H groups in total. The van der Waals surface area contributed by atoms with Gasteiger partial charge in [0.1, 0.15) is 18.4 Å². The Hall–Kier alpha value is -1.44. The average Bonchev–Trinajstić information content (AvgIpc) is 3.08. The number of benzene rings is 1. The smallest absolute Gasteiger partial charge is 0.330 e. The largest absolute Gasteiger partial charge is 0.467 e. The van der Waals surface area contributed by atoms with E-state index < -0.39 is 6.04 Å². The van der Waals surface area contributed by atoms with Crippen LogP contribution < -0.4 is 4.74 Å². The Bertz CT molecular complexity index is 742. The average molecular weight is 384 g/mol. The fraction of sp³-hybridized carbons (Fsp3) is 0.529. The molecule has 3 aliphatic rings. The second-order valence-electron chi connectivity index (χ2n) is 6.54. The summed E-state index contributed by atoms with van der Waals surface area (Å²) in [6.45, 7) is 2.64. The van der Waals surface area contributed by atoms with E-state index in [1.807, 2.05) is 6.92 Å². The number of ether oxygens (including phenoxy) is 3. The van der Waals surface area contributed by atoms with Gasteiger partial charge in [-0.1, -0.05) is 11.6 Å². The molecule has 0 spiro atoms. The number of thioether (sulfide) groups is 1. The third kappa shape index (κ3) is 2.98. The van der Waals surface area contributed by atoms with E-state index in [1.165, 1.54) is 0 Å². The van der Waals surface area contributed by atoms with E-state index in [0.29, 0.717) is 35.1 Å². The highest BCUT2D eigenvalue weighted by Crippen LogP contribution is 2.47. The molecule has 25 heavy (non-hydrogen) atoms. The number of nitrogens with zero attached hydrogens (tertiary/aromatic N) is 1. The number of halogens is 1. The lowest BCUT2D eigenvalue weighted by Crippen LogP contribution is -2.46. The van der Waals surface area contributed by atoms with Crippen molar-refractivity contribution in [3.63, 3.8) is 0 Å². The molecule has 3 heterocycles. The summed E-state index contributed by atoms with van der Waals surface area (Å²) in [6, 6.07) is 2.99. The van der Waals surface area contributed by atoms with Crippen molar-refractivity contribution in [1.82, 2.24) is 4.90 Å². The van der Waals surface area contributed by atoms with E-state index in [9.17, 15) is 9.59 Å². The summed E-state index contributed by atoms with van der Waals surface area (Å²) in [4.78, 5) is 26.1. The van der Waals surface area contributed by atoms with Crippen molar-refractivity contribution in [1.29, 1.82) is 0 Å². The third-order valence-electron chi connectivity index (χ3n) is 4.84. The van der Waals surface area contributed by atoms with Crippen molar-refractivity contribution in [2.75, 3.05) is 12.5 Å². The van der Waals surface area contributed by atoms with Crippen LogP contribution in [0.3, 0.4) is 0 Å². The van der Waals surface area contributed by atoms with Crippen LogP contribution in [0.15, 0.2) is 12.1 Å². The fourth-order valence-electron chi connectivity index (χ4n) is 3.60. The highest BCUT2D eigenvalue weighted by molar-refractivity contribution is 8.01. The normalized spacial score (nSPS) is 27.7. The Morgan fingerprint density at radius 2 is 2.36 bits per heavy atom. The number of hydrogen-bond acceptors (Lipinski definition) is 6. The standard InChI is InChI=1S/C17H18ClNO5S/c1-17-3-2-14(20)19(17)13(8-25-17)16(21)23-7-11-5-12(18)4-10-6-22-9-24-15(10)11/h4-5,13H,2-3,6-9H2,1H3/t13-,17+/m1/s1. The van der Waals surface area contributed by atoms with Crippen LogP contribution in [0.2, 0.25) is 5.02 Å². The van der Waals surface area contributed by atoms with Gasteiger partial charge in [0, 0.05) is 28.3 Å². The molecule has 1 aromatic carbocycles. The number of esters is 1. The van der Waals surface area contributed by atoms with E-state index in [-0.39, 0.29) is 30.1 Å². The summed E-state index contributed by atoms with van der Waals surface area (Å²) in [5.41, 5.74) is 1.55. The van der Waals surface area contributed by atoms with Crippen LogP contribution in [0.1, 0.15) is 30.9 Å². The van der Waals surface area contributed by atoms with Crippen LogP contribution >= 0.6 is 23.4 Å². The van der Waals surface area contributed by atoms with Gasteiger partial charge in [-0.25, -0.2) is 4.79 Å². The Labute approximate surface area is 154 Å². The summed E-state index contributed by atoms with van der Waals surface area (Å²) >= 11 is 7.77. The fourth-order valence-corrected chi connectivity index (χ4v) is 5.28. The molecule has 1 aromatic rings. The highest BCUT2D eigenvalue weighted by Gasteiger charge is 2.53. The Kier molecular flexibility index (Phi) is 4.33. The van der Waals surface area contributed by atoms with E-state index in [4.69, 9.17) is 25.8 Å². The first-order chi connectivity index (χ1) is 12.0. The summed E-state index contributed by atoms with van der Waals surface area (Å²) < 4.78 is 16.3. The number of amides is 1. The zero-order valence-corrected chi connectivity index (χ0v) is 15.3. The lowest BCUT2D eigenvalue weighted by molar-refractivity contribution is -0.154. The third-order valence-corrected chi connectivity index (χ3v) is 6.56. The minimum atomic E-state index is -0.524. The summed E-state index contributed by atoms with van der Waals surface area (Å²) in [6.07, 6.45) is 1.26. The molecule has 0 aromatic heterocycles. The van der Waals surface area contributed by atoms with Gasteiger partial charge in [0.2, 0.25) is 5.91 Å². The molecule has 1 amide bonds. The van der Waals surface area contributed by atoms with Gasteiger partial charge in [-0.15, -0.1) is 11.8 Å². The first-order valence-electron chi connectivity index (χ1n) is 8.12. The monoisotopic (exact) mass is 383 g/mol. The van der Waals surface area contributed by atoms with E-state index in [0.717, 1.165) is 12.0 Å². The summed E-state index contributed by atoms with van der Waals surface area (Å²) in [5, 5.41) is 0.539. The molecule has 0 radical (unpaired) electrons. The first-order valence-corrected chi connectivity index (χ1v) is 9.49. The summed E-state index contributed by atoms with van der Waals surface area (Å²) in [5.74, 6) is 0.868. The SMILES string of the molecule is C[C@]12CCC(=O)N1[C@@H](C(=O)OCc1cc(Cl)cc3c1OCOC3)CS2. The molecule has 8 heteroatoms. The van der Waals surface area contributed by atoms with Gasteiger partial charge in [0.15, 0.2) is 6.79 Å². The van der Waals surface area contributed by atoms with Crippen molar-refractivity contribution in [3.8, 4) is 5.75 Å². The van der Waals surface area contributed by atoms with Gasteiger partial charge in [-0.3, -0.25) is 4.79 Å². The van der Waals surface area contributed by atoms with Crippen molar-refractivity contribution in [2.24, 2.45) is 0 Å². The molecular weight excluding hydrogens is 366 g/mol. The number of fused-ring (bicyclic) bond motifs is 2. The van der Waals surface area contributed by atoms with Crippen LogP contribution in [-0.4, -0.2) is 40.2 Å². The van der Waals surface area contributed by atoms with Crippen LogP contribution in [0, 0.1) is 0 Å². The minimum Gasteiger partial charge on any atom is -0.467 e. The molecule has 6 nitrogen and oxygen atoms in total. The second-order valence-corrected chi connectivity index (χ2v) is 8.48. The van der Waals surface area contributed by atoms with Gasteiger partial charge in [-0.2, -0.15) is 0 Å². The van der Waals surface area contributed by atoms with Crippen LogP contribution in [-0.2, 0) is 32.3 Å². The maximum absolute atomic E-state index is 12.6. The number of carbonyl (C=O) groups is 2. The summed E-state index contributed by atoms with van der Waals surface area (Å²) in [7, 11) is 0. The molecule has 0 unspecified atom stereocenters. The Balaban J connectivity index is 1.48.